The SMILES string of the molecule is Cc1cccc(-c2cc(-c3nc(-c4ccccc4)nc(-c4ccccc4)n3)cc(-c3cccc(C(F)(F)F)c3)c2-n2c3ccccc3c3cc(-c4cc(C)cc(C(F)(F)F)c4)ccc32)c1. The third-order valence-electron chi connectivity index (χ3n) is 11.5. The summed E-state index contributed by atoms with van der Waals surface area (Å²) in [5, 5.41) is 1.56. The number of hydrogen-bond acceptors (Lipinski definition) is 3. The lowest BCUT2D eigenvalue weighted by Gasteiger charge is -2.22. The third-order valence-corrected chi connectivity index (χ3v) is 11.5. The maximum atomic E-state index is 14.6. The minimum absolute atomic E-state index is 0.299. The predicted octanol–water partition coefficient (Wildman–Crippen LogP) is 15.6. The number of halogens is 6. The van der Waals surface area contributed by atoms with Gasteiger partial charge >= 0.3 is 12.4 Å². The number of rotatable bonds is 7. The monoisotopic (exact) mass is 866 g/mol. The first kappa shape index (κ1) is 41.2. The van der Waals surface area contributed by atoms with Crippen LogP contribution < -0.4 is 0 Å². The summed E-state index contributed by atoms with van der Waals surface area (Å²) in [6.07, 6.45) is -9.17. The molecule has 0 unspecified atom stereocenters. The zero-order chi connectivity index (χ0) is 45.0. The molecule has 0 aliphatic carbocycles. The third kappa shape index (κ3) is 7.92. The number of nitrogens with zero attached hydrogens (tertiary/aromatic N) is 4. The Kier molecular flexibility index (Phi) is 10.2. The van der Waals surface area contributed by atoms with E-state index in [1.165, 1.54) is 6.07 Å². The average molecular weight is 867 g/mol. The smallest absolute Gasteiger partial charge is 0.308 e. The molecule has 8 aromatic carbocycles. The summed E-state index contributed by atoms with van der Waals surface area (Å²) < 4.78 is 88.0. The van der Waals surface area contributed by atoms with Gasteiger partial charge in [-0.05, 0) is 96.3 Å². The second-order valence-electron chi connectivity index (χ2n) is 16.1. The van der Waals surface area contributed by atoms with Gasteiger partial charge in [-0.15, -0.1) is 0 Å². The Labute approximate surface area is 370 Å². The van der Waals surface area contributed by atoms with Crippen molar-refractivity contribution in [3.05, 3.63) is 204 Å². The molecular formula is C55H36F6N4. The van der Waals surface area contributed by atoms with E-state index < -0.39 is 23.5 Å². The number of benzene rings is 8. The normalized spacial score (nSPS) is 12.0. The first-order valence-corrected chi connectivity index (χ1v) is 20.8. The summed E-state index contributed by atoms with van der Waals surface area (Å²) in [6.45, 7) is 3.61. The first-order chi connectivity index (χ1) is 31.3. The summed E-state index contributed by atoms with van der Waals surface area (Å²) in [7, 11) is 0. The van der Waals surface area contributed by atoms with Crippen LogP contribution in [0.3, 0.4) is 0 Å². The molecule has 2 heterocycles. The average Bonchev–Trinajstić information content (AvgIpc) is 3.64. The highest BCUT2D eigenvalue weighted by Crippen LogP contribution is 2.46. The Hall–Kier alpha value is -7.85. The summed E-state index contributed by atoms with van der Waals surface area (Å²) in [5.41, 5.74) is 7.19. The number of hydrogen-bond donors (Lipinski definition) is 0. The van der Waals surface area contributed by atoms with Gasteiger partial charge in [-0.3, -0.25) is 0 Å². The second-order valence-corrected chi connectivity index (χ2v) is 16.1. The van der Waals surface area contributed by atoms with Crippen LogP contribution in [0.2, 0.25) is 0 Å². The van der Waals surface area contributed by atoms with Gasteiger partial charge in [-0.25, -0.2) is 15.0 Å². The Morgan fingerprint density at radius 3 is 1.48 bits per heavy atom. The molecule has 0 bridgehead atoms. The molecule has 10 aromatic rings. The molecule has 318 valence electrons. The molecule has 10 rings (SSSR count). The molecule has 0 N–H and O–H groups in total. The highest BCUT2D eigenvalue weighted by atomic mass is 19.4. The van der Waals surface area contributed by atoms with E-state index in [9.17, 15) is 26.3 Å². The first-order valence-electron chi connectivity index (χ1n) is 20.8. The lowest BCUT2D eigenvalue weighted by atomic mass is 9.91. The van der Waals surface area contributed by atoms with Crippen LogP contribution in [0.25, 0.3) is 95.0 Å². The molecule has 10 heteroatoms. The zero-order valence-corrected chi connectivity index (χ0v) is 34.9. The maximum Gasteiger partial charge on any atom is 0.416 e. The fourth-order valence-corrected chi connectivity index (χ4v) is 8.56. The van der Waals surface area contributed by atoms with Crippen molar-refractivity contribution in [2.75, 3.05) is 0 Å². The molecule has 0 aliphatic rings. The van der Waals surface area contributed by atoms with E-state index in [4.69, 9.17) is 15.0 Å². The molecule has 0 saturated carbocycles. The van der Waals surface area contributed by atoms with E-state index in [0.29, 0.717) is 67.6 Å². The molecule has 2 aromatic heterocycles. The number of fused-ring (bicyclic) bond motifs is 3. The van der Waals surface area contributed by atoms with E-state index in [0.717, 1.165) is 62.8 Å². The van der Waals surface area contributed by atoms with Crippen LogP contribution in [0.5, 0.6) is 0 Å². The van der Waals surface area contributed by atoms with Gasteiger partial charge in [0.15, 0.2) is 17.5 Å². The highest BCUT2D eigenvalue weighted by molar-refractivity contribution is 6.12. The molecule has 4 nitrogen and oxygen atoms in total. The van der Waals surface area contributed by atoms with Crippen LogP contribution in [-0.4, -0.2) is 19.5 Å². The summed E-state index contributed by atoms with van der Waals surface area (Å²) in [4.78, 5) is 14.9. The largest absolute Gasteiger partial charge is 0.416 e. The van der Waals surface area contributed by atoms with E-state index >= 15 is 0 Å². The van der Waals surface area contributed by atoms with Crippen molar-refractivity contribution in [2.45, 2.75) is 26.2 Å². The Morgan fingerprint density at radius 2 is 0.862 bits per heavy atom. The van der Waals surface area contributed by atoms with Crippen LogP contribution in [0.4, 0.5) is 26.3 Å². The lowest BCUT2D eigenvalue weighted by molar-refractivity contribution is -0.138. The van der Waals surface area contributed by atoms with Gasteiger partial charge in [0.05, 0.1) is 27.8 Å². The molecule has 0 atom stereocenters. The van der Waals surface area contributed by atoms with Crippen molar-refractivity contribution in [1.29, 1.82) is 0 Å². The Balaban J connectivity index is 1.31. The Morgan fingerprint density at radius 1 is 0.354 bits per heavy atom. The van der Waals surface area contributed by atoms with Gasteiger partial charge in [0.25, 0.3) is 0 Å². The van der Waals surface area contributed by atoms with E-state index in [1.54, 1.807) is 25.1 Å². The highest BCUT2D eigenvalue weighted by Gasteiger charge is 2.32. The molecular weight excluding hydrogens is 831 g/mol. The quantitative estimate of drug-likeness (QED) is 0.150. The molecule has 0 amide bonds. The fraction of sp³-hybridized carbons (Fsp3) is 0.0727. The lowest BCUT2D eigenvalue weighted by Crippen LogP contribution is -2.06. The minimum atomic E-state index is -4.64. The van der Waals surface area contributed by atoms with Crippen molar-refractivity contribution < 1.29 is 26.3 Å². The van der Waals surface area contributed by atoms with E-state index in [-0.39, 0.29) is 0 Å². The van der Waals surface area contributed by atoms with Gasteiger partial charge in [-0.1, -0.05) is 133 Å². The molecule has 0 aliphatic heterocycles. The van der Waals surface area contributed by atoms with Crippen molar-refractivity contribution >= 4 is 21.8 Å². The van der Waals surface area contributed by atoms with E-state index in [1.807, 2.05) is 145 Å². The van der Waals surface area contributed by atoms with Gasteiger partial charge in [0, 0.05) is 38.6 Å². The molecule has 0 saturated heterocycles. The molecule has 0 spiro atoms. The number of aryl methyl sites for hydroxylation is 2. The van der Waals surface area contributed by atoms with Crippen molar-refractivity contribution in [1.82, 2.24) is 19.5 Å². The van der Waals surface area contributed by atoms with Crippen LogP contribution in [0, 0.1) is 13.8 Å². The fourth-order valence-electron chi connectivity index (χ4n) is 8.56. The van der Waals surface area contributed by atoms with Crippen LogP contribution in [0.15, 0.2) is 182 Å². The van der Waals surface area contributed by atoms with E-state index in [2.05, 4.69) is 0 Å². The molecule has 65 heavy (non-hydrogen) atoms. The predicted molar refractivity (Wildman–Crippen MR) is 246 cm³/mol. The summed E-state index contributed by atoms with van der Waals surface area (Å²) in [6, 6.07) is 53.2. The second kappa shape index (κ2) is 16.1. The van der Waals surface area contributed by atoms with Crippen molar-refractivity contribution in [3.8, 4) is 73.2 Å². The number of aromatic nitrogens is 4. The van der Waals surface area contributed by atoms with Crippen LogP contribution >= 0.6 is 0 Å². The topological polar surface area (TPSA) is 43.6 Å². The van der Waals surface area contributed by atoms with Gasteiger partial charge in [-0.2, -0.15) is 26.3 Å². The number of alkyl halides is 6. The molecule has 0 fully saturated rings. The Bertz CT molecular complexity index is 3370. The summed E-state index contributed by atoms with van der Waals surface area (Å²) in [5.74, 6) is 1.16. The van der Waals surface area contributed by atoms with Gasteiger partial charge in [0.1, 0.15) is 0 Å². The van der Waals surface area contributed by atoms with Crippen LogP contribution in [0.1, 0.15) is 22.3 Å². The summed E-state index contributed by atoms with van der Waals surface area (Å²) >= 11 is 0. The number of para-hydroxylation sites is 1. The van der Waals surface area contributed by atoms with Crippen LogP contribution in [-0.2, 0) is 12.4 Å². The van der Waals surface area contributed by atoms with Gasteiger partial charge < -0.3 is 4.57 Å². The minimum Gasteiger partial charge on any atom is -0.308 e. The van der Waals surface area contributed by atoms with Gasteiger partial charge in [0.2, 0.25) is 0 Å². The maximum absolute atomic E-state index is 14.6. The van der Waals surface area contributed by atoms with Crippen molar-refractivity contribution in [2.24, 2.45) is 0 Å². The molecule has 0 radical (unpaired) electrons. The van der Waals surface area contributed by atoms with Crippen molar-refractivity contribution in [3.63, 3.8) is 0 Å². The standard InChI is InChI=1S/C55H36F6N4/c1-33-13-11-18-38(25-33)45-31-41(53-63-51(35-14-5-3-6-15-35)62-52(64-53)36-16-7-4-8-17-36)32-46(39-19-12-20-42(28-39)54(56,57)58)50(45)65-48-22-10-9-21-44(48)47-30-37(23-24-49(47)65)40-26-34(2)27-43(29-40)55(59,60)61/h3-32H,1-2H3. The zero-order valence-electron chi connectivity index (χ0n) is 34.9.